The molecule has 0 unspecified atom stereocenters. The van der Waals surface area contributed by atoms with Crippen LogP contribution in [-0.2, 0) is 0 Å². The Bertz CT molecular complexity index is 872. The van der Waals surface area contributed by atoms with Gasteiger partial charge in [0.1, 0.15) is 5.76 Å². The summed E-state index contributed by atoms with van der Waals surface area (Å²) in [6, 6.07) is 7.90. The molecule has 6 nitrogen and oxygen atoms in total. The standard InChI is InChI=1S/C20H22N4O.C3H8O/c1-14-7-5-6-8-19(14)24-22-18-11-12-20(15(2)13-18)23-21-16(3)9-10-17(4)25;1-3(2)4/h5-10,13,25H,3-4,11-12H2,1-2H3;3-4H,1-2H3/b10-9-,23-21?,24-22?;. The third-order valence-electron chi connectivity index (χ3n) is 3.63. The Kier molecular flexibility index (Phi) is 10.2. The Morgan fingerprint density at radius 2 is 1.69 bits per heavy atom. The second-order valence-electron chi connectivity index (χ2n) is 6.86. The zero-order valence-electron chi connectivity index (χ0n) is 17.6. The lowest BCUT2D eigenvalue weighted by molar-refractivity contribution is 0.216. The highest BCUT2D eigenvalue weighted by molar-refractivity contribution is 5.44. The molecule has 1 aromatic carbocycles. The van der Waals surface area contributed by atoms with Crippen molar-refractivity contribution >= 4 is 5.69 Å². The third-order valence-corrected chi connectivity index (χ3v) is 3.63. The number of nitrogens with zero attached hydrogens (tertiary/aromatic N) is 4. The van der Waals surface area contributed by atoms with Gasteiger partial charge in [-0.15, -0.1) is 0 Å². The zero-order chi connectivity index (χ0) is 21.8. The molecule has 0 fully saturated rings. The van der Waals surface area contributed by atoms with Crippen molar-refractivity contribution in [1.29, 1.82) is 0 Å². The fourth-order valence-corrected chi connectivity index (χ4v) is 2.20. The first-order valence-electron chi connectivity index (χ1n) is 9.41. The molecule has 29 heavy (non-hydrogen) atoms. The van der Waals surface area contributed by atoms with Gasteiger partial charge in [-0.3, -0.25) is 0 Å². The number of aliphatic hydroxyl groups excluding tert-OH is 2. The van der Waals surface area contributed by atoms with Crippen LogP contribution in [-0.4, -0.2) is 16.3 Å². The van der Waals surface area contributed by atoms with Crippen molar-refractivity contribution in [3.8, 4) is 0 Å². The van der Waals surface area contributed by atoms with Gasteiger partial charge in [0.2, 0.25) is 0 Å². The number of hydrogen-bond acceptors (Lipinski definition) is 6. The molecular weight excluding hydrogens is 364 g/mol. The van der Waals surface area contributed by atoms with Crippen molar-refractivity contribution in [2.75, 3.05) is 0 Å². The van der Waals surface area contributed by atoms with Gasteiger partial charge in [0.15, 0.2) is 0 Å². The quantitative estimate of drug-likeness (QED) is 0.308. The molecule has 6 heteroatoms. The summed E-state index contributed by atoms with van der Waals surface area (Å²) in [6.45, 7) is 14.5. The van der Waals surface area contributed by atoms with Crippen molar-refractivity contribution < 1.29 is 10.2 Å². The molecule has 1 aliphatic carbocycles. The molecule has 2 rings (SSSR count). The second kappa shape index (κ2) is 12.4. The topological polar surface area (TPSA) is 89.9 Å². The predicted molar refractivity (Wildman–Crippen MR) is 118 cm³/mol. The Morgan fingerprint density at radius 3 is 2.28 bits per heavy atom. The third kappa shape index (κ3) is 10.1. The molecule has 0 amide bonds. The average molecular weight is 395 g/mol. The Labute approximate surface area is 173 Å². The second-order valence-corrected chi connectivity index (χ2v) is 6.86. The van der Waals surface area contributed by atoms with Crippen molar-refractivity contribution in [3.63, 3.8) is 0 Å². The molecule has 0 radical (unpaired) electrons. The number of azo groups is 2. The number of aryl methyl sites for hydroxylation is 1. The summed E-state index contributed by atoms with van der Waals surface area (Å²) in [4.78, 5) is 0. The van der Waals surface area contributed by atoms with E-state index >= 15 is 0 Å². The van der Waals surface area contributed by atoms with Gasteiger partial charge < -0.3 is 10.2 Å². The molecule has 1 aliphatic rings. The van der Waals surface area contributed by atoms with Crippen molar-refractivity contribution in [3.05, 3.63) is 89.6 Å². The molecule has 0 spiro atoms. The van der Waals surface area contributed by atoms with Gasteiger partial charge >= 0.3 is 0 Å². The van der Waals surface area contributed by atoms with Gasteiger partial charge in [-0.25, -0.2) is 0 Å². The van der Waals surface area contributed by atoms with E-state index in [0.29, 0.717) is 5.70 Å². The van der Waals surface area contributed by atoms with Crippen LogP contribution in [0.15, 0.2) is 105 Å². The van der Waals surface area contributed by atoms with Crippen LogP contribution >= 0.6 is 0 Å². The first-order valence-corrected chi connectivity index (χ1v) is 9.41. The van der Waals surface area contributed by atoms with Crippen LogP contribution in [0.25, 0.3) is 0 Å². The minimum atomic E-state index is -0.167. The Balaban J connectivity index is 0.000000960. The molecule has 0 saturated carbocycles. The predicted octanol–water partition coefficient (Wildman–Crippen LogP) is 7.01. The SMILES string of the molecule is C=C(O)/C=C\C(=C)N=NC1=C(C)C=C(N=Nc2ccccc2C)CC1.CC(C)O. The molecular formula is C23H30N4O2. The fraction of sp³-hybridized carbons (Fsp3) is 0.304. The molecule has 0 saturated heterocycles. The van der Waals surface area contributed by atoms with E-state index in [1.54, 1.807) is 19.9 Å². The monoisotopic (exact) mass is 394 g/mol. The highest BCUT2D eigenvalue weighted by Crippen LogP contribution is 2.27. The Morgan fingerprint density at radius 1 is 1.03 bits per heavy atom. The van der Waals surface area contributed by atoms with Crippen LogP contribution in [0.4, 0.5) is 5.69 Å². The van der Waals surface area contributed by atoms with E-state index in [1.165, 1.54) is 6.08 Å². The molecule has 2 N–H and O–H groups in total. The van der Waals surface area contributed by atoms with Gasteiger partial charge in [0.25, 0.3) is 0 Å². The summed E-state index contributed by atoms with van der Waals surface area (Å²) in [5.41, 5.74) is 5.26. The largest absolute Gasteiger partial charge is 0.509 e. The van der Waals surface area contributed by atoms with Crippen LogP contribution in [0.3, 0.4) is 0 Å². The molecule has 1 aromatic rings. The molecule has 0 heterocycles. The van der Waals surface area contributed by atoms with Gasteiger partial charge in [0.05, 0.1) is 22.8 Å². The molecule has 0 aromatic heterocycles. The highest BCUT2D eigenvalue weighted by Gasteiger charge is 2.10. The lowest BCUT2D eigenvalue weighted by atomic mass is 10.0. The first-order chi connectivity index (χ1) is 13.7. The van der Waals surface area contributed by atoms with Gasteiger partial charge in [-0.05, 0) is 76.0 Å². The maximum absolute atomic E-state index is 9.01. The van der Waals surface area contributed by atoms with E-state index in [4.69, 9.17) is 10.2 Å². The number of benzene rings is 1. The van der Waals surface area contributed by atoms with E-state index in [1.807, 2.05) is 44.2 Å². The molecule has 0 bridgehead atoms. The van der Waals surface area contributed by atoms with Crippen molar-refractivity contribution in [2.24, 2.45) is 20.5 Å². The van der Waals surface area contributed by atoms with E-state index in [-0.39, 0.29) is 11.9 Å². The molecule has 0 atom stereocenters. The number of allylic oxidation sites excluding steroid dienone is 6. The highest BCUT2D eigenvalue weighted by atomic mass is 16.3. The maximum Gasteiger partial charge on any atom is 0.108 e. The summed E-state index contributed by atoms with van der Waals surface area (Å²) >= 11 is 0. The molecule has 154 valence electrons. The summed E-state index contributed by atoms with van der Waals surface area (Å²) in [7, 11) is 0. The number of hydrogen-bond donors (Lipinski definition) is 2. The van der Waals surface area contributed by atoms with Crippen molar-refractivity contribution in [1.82, 2.24) is 0 Å². The molecule has 0 aliphatic heterocycles. The normalized spacial score (nSPS) is 14.5. The van der Waals surface area contributed by atoms with Gasteiger partial charge in [-0.2, -0.15) is 20.5 Å². The van der Waals surface area contributed by atoms with Gasteiger partial charge in [-0.1, -0.05) is 31.4 Å². The summed E-state index contributed by atoms with van der Waals surface area (Å²) < 4.78 is 0. The minimum absolute atomic E-state index is 0.0454. The number of aliphatic hydroxyl groups is 2. The van der Waals surface area contributed by atoms with E-state index in [0.717, 1.165) is 41.1 Å². The van der Waals surface area contributed by atoms with Crippen LogP contribution in [0.5, 0.6) is 0 Å². The lowest BCUT2D eigenvalue weighted by Gasteiger charge is -2.11. The summed E-state index contributed by atoms with van der Waals surface area (Å²) in [6.07, 6.45) is 6.30. The lowest BCUT2D eigenvalue weighted by Crippen LogP contribution is -1.94. The van der Waals surface area contributed by atoms with Crippen LogP contribution in [0.1, 0.15) is 39.2 Å². The summed E-state index contributed by atoms with van der Waals surface area (Å²) in [5, 5.41) is 34.0. The zero-order valence-corrected chi connectivity index (χ0v) is 17.6. The van der Waals surface area contributed by atoms with Gasteiger partial charge in [0, 0.05) is 6.10 Å². The first kappa shape index (κ1) is 23.9. The summed E-state index contributed by atoms with van der Waals surface area (Å²) in [5.74, 6) is -0.0454. The van der Waals surface area contributed by atoms with Crippen LogP contribution < -0.4 is 0 Å². The van der Waals surface area contributed by atoms with Crippen LogP contribution in [0, 0.1) is 6.92 Å². The average Bonchev–Trinajstić information content (AvgIpc) is 2.64. The van der Waals surface area contributed by atoms with E-state index in [2.05, 4.69) is 33.6 Å². The maximum atomic E-state index is 9.01. The smallest absolute Gasteiger partial charge is 0.108 e. The van der Waals surface area contributed by atoms with E-state index < -0.39 is 0 Å². The number of rotatable bonds is 6. The minimum Gasteiger partial charge on any atom is -0.509 e. The Hall–Kier alpha value is -3.12. The van der Waals surface area contributed by atoms with Crippen molar-refractivity contribution in [2.45, 2.75) is 46.6 Å². The van der Waals surface area contributed by atoms with Crippen LogP contribution in [0.2, 0.25) is 0 Å². The van der Waals surface area contributed by atoms with E-state index in [9.17, 15) is 0 Å². The fourth-order valence-electron chi connectivity index (χ4n) is 2.20.